The molecule has 2 aromatic carbocycles. The smallest absolute Gasteiger partial charge is 0.0708 e. The van der Waals surface area contributed by atoms with Crippen molar-refractivity contribution in [2.45, 2.75) is 27.7 Å². The molecule has 0 amide bonds. The third-order valence-corrected chi connectivity index (χ3v) is 4.12. The molecule has 3 aromatic rings. The van der Waals surface area contributed by atoms with E-state index < -0.39 is 0 Å². The molecule has 0 atom stereocenters. The second-order valence-electron chi connectivity index (χ2n) is 6.07. The van der Waals surface area contributed by atoms with E-state index in [4.69, 9.17) is 0 Å². The minimum atomic E-state index is 1.03. The molecule has 0 aliphatic carbocycles. The molecule has 0 bridgehead atoms. The molecule has 22 heavy (non-hydrogen) atoms. The lowest BCUT2D eigenvalue weighted by molar-refractivity contribution is 1.26. The first kappa shape index (κ1) is 14.5. The molecule has 110 valence electrons. The molecule has 0 fully saturated rings. The van der Waals surface area contributed by atoms with Crippen LogP contribution in [0.15, 0.2) is 54.7 Å². The van der Waals surface area contributed by atoms with E-state index in [0.717, 1.165) is 11.3 Å². The average Bonchev–Trinajstić information content (AvgIpc) is 2.49. The van der Waals surface area contributed by atoms with Crippen LogP contribution >= 0.6 is 0 Å². The topological polar surface area (TPSA) is 12.9 Å². The Morgan fingerprint density at radius 3 is 2.00 bits per heavy atom. The van der Waals surface area contributed by atoms with E-state index in [1.165, 1.54) is 33.4 Å². The zero-order valence-electron chi connectivity index (χ0n) is 13.6. The van der Waals surface area contributed by atoms with Crippen LogP contribution in [0.1, 0.15) is 22.3 Å². The van der Waals surface area contributed by atoms with E-state index in [-0.39, 0.29) is 0 Å². The molecular formula is C21H21N. The van der Waals surface area contributed by atoms with Crippen molar-refractivity contribution in [1.29, 1.82) is 0 Å². The van der Waals surface area contributed by atoms with Crippen molar-refractivity contribution in [3.63, 3.8) is 0 Å². The molecule has 0 N–H and O–H groups in total. The van der Waals surface area contributed by atoms with Crippen molar-refractivity contribution in [3.8, 4) is 22.4 Å². The van der Waals surface area contributed by atoms with Gasteiger partial charge in [-0.25, -0.2) is 0 Å². The van der Waals surface area contributed by atoms with Gasteiger partial charge in [-0.3, -0.25) is 4.98 Å². The van der Waals surface area contributed by atoms with Crippen molar-refractivity contribution < 1.29 is 0 Å². The summed E-state index contributed by atoms with van der Waals surface area (Å²) in [6.07, 6.45) is 1.98. The number of hydrogen-bond acceptors (Lipinski definition) is 1. The Bertz CT molecular complexity index is 814. The van der Waals surface area contributed by atoms with Gasteiger partial charge >= 0.3 is 0 Å². The van der Waals surface area contributed by atoms with Gasteiger partial charge in [0.1, 0.15) is 0 Å². The van der Waals surface area contributed by atoms with E-state index in [0.29, 0.717) is 0 Å². The summed E-state index contributed by atoms with van der Waals surface area (Å²) >= 11 is 0. The van der Waals surface area contributed by atoms with Gasteiger partial charge in [-0.05, 0) is 56.0 Å². The highest BCUT2D eigenvalue weighted by molar-refractivity contribution is 5.75. The maximum absolute atomic E-state index is 4.61. The number of aryl methyl sites for hydroxylation is 4. The van der Waals surface area contributed by atoms with Gasteiger partial charge in [-0.1, -0.05) is 53.6 Å². The number of rotatable bonds is 2. The van der Waals surface area contributed by atoms with Gasteiger partial charge in [0.15, 0.2) is 0 Å². The summed E-state index contributed by atoms with van der Waals surface area (Å²) in [5, 5.41) is 0. The van der Waals surface area contributed by atoms with Gasteiger partial charge in [0.2, 0.25) is 0 Å². The molecular weight excluding hydrogens is 266 g/mol. The van der Waals surface area contributed by atoms with Crippen molar-refractivity contribution >= 4 is 0 Å². The first-order valence-electron chi connectivity index (χ1n) is 7.66. The predicted molar refractivity (Wildman–Crippen MR) is 94.1 cm³/mol. The van der Waals surface area contributed by atoms with E-state index >= 15 is 0 Å². The molecule has 0 unspecified atom stereocenters. The molecule has 3 rings (SSSR count). The van der Waals surface area contributed by atoms with Crippen LogP contribution in [0.3, 0.4) is 0 Å². The fourth-order valence-corrected chi connectivity index (χ4v) is 2.81. The van der Waals surface area contributed by atoms with Crippen LogP contribution in [-0.4, -0.2) is 4.98 Å². The SMILES string of the molecule is Cc1ccc(-c2cc(-c3ccc(C)cc3C)c(C)cn2)cc1. The molecule has 1 heterocycles. The molecule has 1 aromatic heterocycles. The minimum absolute atomic E-state index is 1.03. The summed E-state index contributed by atoms with van der Waals surface area (Å²) in [6, 6.07) is 17.4. The second-order valence-corrected chi connectivity index (χ2v) is 6.07. The lowest BCUT2D eigenvalue weighted by atomic mass is 9.95. The van der Waals surface area contributed by atoms with Gasteiger partial charge < -0.3 is 0 Å². The lowest BCUT2D eigenvalue weighted by Crippen LogP contribution is -1.92. The minimum Gasteiger partial charge on any atom is -0.256 e. The zero-order valence-corrected chi connectivity index (χ0v) is 13.6. The Balaban J connectivity index is 2.12. The standard InChI is InChI=1S/C21H21N/c1-14-5-8-18(9-6-14)21-12-20(17(4)13-22-21)19-10-7-15(2)11-16(19)3/h5-13H,1-4H3. The number of pyridine rings is 1. The maximum atomic E-state index is 4.61. The van der Waals surface area contributed by atoms with E-state index in [1.807, 2.05) is 6.20 Å². The van der Waals surface area contributed by atoms with Gasteiger partial charge in [0.05, 0.1) is 5.69 Å². The third kappa shape index (κ3) is 2.80. The van der Waals surface area contributed by atoms with Crippen LogP contribution in [0.5, 0.6) is 0 Å². The summed E-state index contributed by atoms with van der Waals surface area (Å²) in [4.78, 5) is 4.61. The average molecular weight is 287 g/mol. The van der Waals surface area contributed by atoms with Gasteiger partial charge in [-0.15, -0.1) is 0 Å². The third-order valence-electron chi connectivity index (χ3n) is 4.12. The summed E-state index contributed by atoms with van der Waals surface area (Å²) in [5.41, 5.74) is 9.84. The molecule has 1 heteroatoms. The molecule has 0 aliphatic heterocycles. The molecule has 0 saturated carbocycles. The Kier molecular flexibility index (Phi) is 3.81. The fraction of sp³-hybridized carbons (Fsp3) is 0.190. The second kappa shape index (κ2) is 5.76. The Hall–Kier alpha value is -2.41. The van der Waals surface area contributed by atoms with Gasteiger partial charge in [-0.2, -0.15) is 0 Å². The van der Waals surface area contributed by atoms with Crippen LogP contribution in [0.25, 0.3) is 22.4 Å². The lowest BCUT2D eigenvalue weighted by Gasteiger charge is -2.12. The van der Waals surface area contributed by atoms with E-state index in [9.17, 15) is 0 Å². The van der Waals surface area contributed by atoms with E-state index in [2.05, 4.69) is 81.2 Å². The van der Waals surface area contributed by atoms with Gasteiger partial charge in [0, 0.05) is 11.8 Å². The van der Waals surface area contributed by atoms with Crippen LogP contribution in [0.4, 0.5) is 0 Å². The predicted octanol–water partition coefficient (Wildman–Crippen LogP) is 5.65. The summed E-state index contributed by atoms with van der Waals surface area (Å²) in [5.74, 6) is 0. The quantitative estimate of drug-likeness (QED) is 0.593. The first-order chi connectivity index (χ1) is 10.5. The van der Waals surface area contributed by atoms with Crippen LogP contribution < -0.4 is 0 Å². The zero-order chi connectivity index (χ0) is 15.7. The Labute approximate surface area is 132 Å². The molecule has 0 aliphatic rings. The highest BCUT2D eigenvalue weighted by Gasteiger charge is 2.08. The number of nitrogens with zero attached hydrogens (tertiary/aromatic N) is 1. The normalized spacial score (nSPS) is 10.7. The van der Waals surface area contributed by atoms with Crippen LogP contribution in [0.2, 0.25) is 0 Å². The maximum Gasteiger partial charge on any atom is 0.0708 e. The van der Waals surface area contributed by atoms with Crippen molar-refractivity contribution in [3.05, 3.63) is 77.0 Å². The van der Waals surface area contributed by atoms with Gasteiger partial charge in [0.25, 0.3) is 0 Å². The fourth-order valence-electron chi connectivity index (χ4n) is 2.81. The van der Waals surface area contributed by atoms with Crippen molar-refractivity contribution in [1.82, 2.24) is 4.98 Å². The molecule has 0 saturated heterocycles. The highest BCUT2D eigenvalue weighted by Crippen LogP contribution is 2.30. The van der Waals surface area contributed by atoms with Crippen LogP contribution in [-0.2, 0) is 0 Å². The Morgan fingerprint density at radius 2 is 1.32 bits per heavy atom. The highest BCUT2D eigenvalue weighted by atomic mass is 14.7. The summed E-state index contributed by atoms with van der Waals surface area (Å²) in [7, 11) is 0. The summed E-state index contributed by atoms with van der Waals surface area (Å²) in [6.45, 7) is 8.54. The van der Waals surface area contributed by atoms with Crippen molar-refractivity contribution in [2.24, 2.45) is 0 Å². The Morgan fingerprint density at radius 1 is 0.636 bits per heavy atom. The van der Waals surface area contributed by atoms with Crippen molar-refractivity contribution in [2.75, 3.05) is 0 Å². The number of benzene rings is 2. The number of aromatic nitrogens is 1. The summed E-state index contributed by atoms with van der Waals surface area (Å²) < 4.78 is 0. The van der Waals surface area contributed by atoms with E-state index in [1.54, 1.807) is 0 Å². The van der Waals surface area contributed by atoms with Crippen LogP contribution in [0, 0.1) is 27.7 Å². The molecule has 1 nitrogen and oxygen atoms in total. The molecule has 0 radical (unpaired) electrons. The monoisotopic (exact) mass is 287 g/mol. The molecule has 0 spiro atoms. The number of hydrogen-bond donors (Lipinski definition) is 0. The largest absolute Gasteiger partial charge is 0.256 e. The first-order valence-corrected chi connectivity index (χ1v) is 7.66.